The number of nitrogens with zero attached hydrogens (tertiary/aromatic N) is 1. The molecule has 0 aliphatic rings. The summed E-state index contributed by atoms with van der Waals surface area (Å²) < 4.78 is 51.3. The van der Waals surface area contributed by atoms with Crippen molar-refractivity contribution < 1.29 is 22.5 Å². The third-order valence-corrected chi connectivity index (χ3v) is 6.88. The Bertz CT molecular complexity index is 823. The smallest absolute Gasteiger partial charge is 0.395 e. The Morgan fingerprint density at radius 1 is 1.20 bits per heavy atom. The minimum atomic E-state index is -4.85. The Labute approximate surface area is 187 Å². The molecule has 0 heterocycles. The van der Waals surface area contributed by atoms with E-state index >= 15 is 0 Å². The van der Waals surface area contributed by atoms with E-state index in [1.807, 2.05) is 42.3 Å². The summed E-state index contributed by atoms with van der Waals surface area (Å²) in [5, 5.41) is 12.2. The lowest BCUT2D eigenvalue weighted by Gasteiger charge is -2.24. The van der Waals surface area contributed by atoms with Crippen LogP contribution in [-0.4, -0.2) is 58.3 Å². The van der Waals surface area contributed by atoms with E-state index in [1.165, 1.54) is 12.1 Å². The van der Waals surface area contributed by atoms with Crippen molar-refractivity contribution in [1.82, 2.24) is 4.90 Å². The number of thiol groups is 1. The highest BCUT2D eigenvalue weighted by Gasteiger charge is 2.39. The quantitative estimate of drug-likeness (QED) is 0.328. The van der Waals surface area contributed by atoms with Gasteiger partial charge >= 0.3 is 5.51 Å². The van der Waals surface area contributed by atoms with E-state index in [1.54, 1.807) is 17.8 Å². The molecule has 0 radical (unpaired) electrons. The minimum Gasteiger partial charge on any atom is -0.395 e. The van der Waals surface area contributed by atoms with Gasteiger partial charge in [-0.1, -0.05) is 18.2 Å². The van der Waals surface area contributed by atoms with E-state index in [9.17, 15) is 17.4 Å². The van der Waals surface area contributed by atoms with Crippen molar-refractivity contribution in [2.24, 2.45) is 0 Å². The summed E-state index contributed by atoms with van der Waals surface area (Å²) in [6.45, 7) is 1.19. The van der Waals surface area contributed by atoms with E-state index in [0.717, 1.165) is 4.90 Å². The average molecular weight is 479 g/mol. The van der Waals surface area contributed by atoms with E-state index in [-0.39, 0.29) is 23.2 Å². The van der Waals surface area contributed by atoms with Crippen LogP contribution in [0.5, 0.6) is 0 Å². The highest BCUT2D eigenvalue weighted by atomic mass is 32.2. The van der Waals surface area contributed by atoms with Gasteiger partial charge in [0.1, 0.15) is 0 Å². The molecule has 30 heavy (non-hydrogen) atoms. The van der Waals surface area contributed by atoms with Crippen LogP contribution in [-0.2, 0) is 10.8 Å². The van der Waals surface area contributed by atoms with Crippen molar-refractivity contribution in [1.29, 1.82) is 0 Å². The predicted octanol–water partition coefficient (Wildman–Crippen LogP) is 4.49. The second kappa shape index (κ2) is 12.0. The largest absolute Gasteiger partial charge is 0.475 e. The molecule has 0 bridgehead atoms. The minimum absolute atomic E-state index is 0.0332. The number of alkyl halides is 3. The Morgan fingerprint density at radius 2 is 1.90 bits per heavy atom. The molecule has 2 N–H and O–H groups in total. The van der Waals surface area contributed by atoms with Crippen LogP contribution < -0.4 is 5.32 Å². The number of anilines is 1. The summed E-state index contributed by atoms with van der Waals surface area (Å²) in [6.07, 6.45) is 0.636. The fourth-order valence-electron chi connectivity index (χ4n) is 2.70. The highest BCUT2D eigenvalue weighted by molar-refractivity contribution is 7.99. The zero-order chi connectivity index (χ0) is 22.1. The van der Waals surface area contributed by atoms with Crippen molar-refractivity contribution >= 4 is 40.9 Å². The molecule has 2 aromatic rings. The number of likely N-dealkylation sites (N-methyl/N-ethyl adjacent to an activating group) is 1. The number of aliphatic hydroxyl groups excluding tert-OH is 1. The fraction of sp³-hybridized carbons (Fsp3) is 0.400. The zero-order valence-corrected chi connectivity index (χ0v) is 19.0. The van der Waals surface area contributed by atoms with Gasteiger partial charge in [0.25, 0.3) is 0 Å². The molecule has 4 nitrogen and oxygen atoms in total. The molecule has 2 aromatic carbocycles. The monoisotopic (exact) mass is 478 g/mol. The fourth-order valence-corrected chi connectivity index (χ4v) is 4.79. The van der Waals surface area contributed by atoms with Crippen LogP contribution in [0.25, 0.3) is 0 Å². The number of nitrogens with one attached hydrogen (secondary N) is 1. The SMILES string of the molecule is CN(CCO)CCC(CSc1ccccc1)Nc1ccc(S)cc1S(=O)C(F)(F)F. The van der Waals surface area contributed by atoms with Crippen molar-refractivity contribution in [2.45, 2.75) is 32.7 Å². The number of benzene rings is 2. The molecule has 2 unspecified atom stereocenters. The summed E-state index contributed by atoms with van der Waals surface area (Å²) in [5.41, 5.74) is -4.67. The molecule has 2 atom stereocenters. The van der Waals surface area contributed by atoms with Gasteiger partial charge in [0.2, 0.25) is 0 Å². The number of aliphatic hydroxyl groups is 1. The van der Waals surface area contributed by atoms with Crippen LogP contribution in [0.1, 0.15) is 6.42 Å². The molecule has 0 saturated carbocycles. The number of hydrogen-bond acceptors (Lipinski definition) is 6. The normalized spacial score (nSPS) is 14.0. The topological polar surface area (TPSA) is 52.6 Å². The molecule has 0 fully saturated rings. The molecular weight excluding hydrogens is 453 g/mol. The van der Waals surface area contributed by atoms with Crippen LogP contribution in [0, 0.1) is 0 Å². The summed E-state index contributed by atoms with van der Waals surface area (Å²) in [4.78, 5) is 2.99. The third kappa shape index (κ3) is 8.14. The Hall–Kier alpha value is -1.20. The van der Waals surface area contributed by atoms with Crippen LogP contribution >= 0.6 is 24.4 Å². The van der Waals surface area contributed by atoms with E-state index in [2.05, 4.69) is 17.9 Å². The van der Waals surface area contributed by atoms with Crippen molar-refractivity contribution in [3.8, 4) is 0 Å². The summed E-state index contributed by atoms with van der Waals surface area (Å²) in [6, 6.07) is 13.8. The Balaban J connectivity index is 2.20. The second-order valence-electron chi connectivity index (χ2n) is 6.68. The van der Waals surface area contributed by atoms with Crippen LogP contribution in [0.15, 0.2) is 63.2 Å². The first-order chi connectivity index (χ1) is 14.2. The van der Waals surface area contributed by atoms with Crippen molar-refractivity contribution in [2.75, 3.05) is 37.8 Å². The number of hydrogen-bond donors (Lipinski definition) is 3. The van der Waals surface area contributed by atoms with Crippen molar-refractivity contribution in [3.63, 3.8) is 0 Å². The van der Waals surface area contributed by atoms with Gasteiger partial charge in [-0.2, -0.15) is 13.2 Å². The molecule has 0 aliphatic heterocycles. The average Bonchev–Trinajstić information content (AvgIpc) is 2.70. The first kappa shape index (κ1) is 25.1. The molecule has 166 valence electrons. The molecular formula is C20H25F3N2O2S3. The molecule has 0 amide bonds. The number of rotatable bonds is 11. The zero-order valence-electron chi connectivity index (χ0n) is 16.4. The lowest BCUT2D eigenvalue weighted by molar-refractivity contribution is -0.0384. The van der Waals surface area contributed by atoms with E-state index < -0.39 is 16.3 Å². The maximum atomic E-state index is 13.1. The Kier molecular flexibility index (Phi) is 10.0. The lowest BCUT2D eigenvalue weighted by Crippen LogP contribution is -2.31. The Morgan fingerprint density at radius 3 is 2.53 bits per heavy atom. The van der Waals surface area contributed by atoms with Gasteiger partial charge in [-0.15, -0.1) is 24.4 Å². The summed E-state index contributed by atoms with van der Waals surface area (Å²) >= 11 is 5.69. The maximum absolute atomic E-state index is 13.1. The second-order valence-corrected chi connectivity index (χ2v) is 9.73. The molecule has 0 saturated heterocycles. The number of halogens is 3. The van der Waals surface area contributed by atoms with Gasteiger partial charge in [0.05, 0.1) is 17.2 Å². The summed E-state index contributed by atoms with van der Waals surface area (Å²) in [7, 11) is -1.28. The first-order valence-corrected chi connectivity index (χ1v) is 11.8. The van der Waals surface area contributed by atoms with Gasteiger partial charge in [0.15, 0.2) is 10.8 Å². The first-order valence-electron chi connectivity index (χ1n) is 9.26. The standard InChI is InChI=1S/C20H25F3N2O2S3/c1-25(11-12-26)10-9-15(14-29-17-5-3-2-4-6-17)24-18-8-7-16(28)13-19(18)30(27)20(21,22)23/h2-8,13,15,24,26,28H,9-12,14H2,1H3. The van der Waals surface area contributed by atoms with Gasteiger partial charge in [0, 0.05) is 28.1 Å². The maximum Gasteiger partial charge on any atom is 0.475 e. The van der Waals surface area contributed by atoms with Crippen LogP contribution in [0.4, 0.5) is 18.9 Å². The lowest BCUT2D eigenvalue weighted by atomic mass is 10.2. The van der Waals surface area contributed by atoms with Crippen LogP contribution in [0.2, 0.25) is 0 Å². The molecule has 0 spiro atoms. The van der Waals surface area contributed by atoms with Crippen molar-refractivity contribution in [3.05, 3.63) is 48.5 Å². The number of thioether (sulfide) groups is 1. The summed E-state index contributed by atoms with van der Waals surface area (Å²) in [5.74, 6) is 0.609. The third-order valence-electron chi connectivity index (χ3n) is 4.27. The van der Waals surface area contributed by atoms with Gasteiger partial charge < -0.3 is 15.3 Å². The van der Waals surface area contributed by atoms with Crippen LogP contribution in [0.3, 0.4) is 0 Å². The highest BCUT2D eigenvalue weighted by Crippen LogP contribution is 2.33. The van der Waals surface area contributed by atoms with Gasteiger partial charge in [-0.3, -0.25) is 0 Å². The predicted molar refractivity (Wildman–Crippen MR) is 120 cm³/mol. The van der Waals surface area contributed by atoms with E-state index in [0.29, 0.717) is 30.2 Å². The molecule has 0 aromatic heterocycles. The molecule has 0 aliphatic carbocycles. The van der Waals surface area contributed by atoms with E-state index in [4.69, 9.17) is 5.11 Å². The molecule has 10 heteroatoms. The van der Waals surface area contributed by atoms with Gasteiger partial charge in [-0.05, 0) is 50.3 Å². The van der Waals surface area contributed by atoms with Gasteiger partial charge in [-0.25, -0.2) is 4.21 Å². The molecule has 2 rings (SSSR count).